The number of ether oxygens (including phenoxy) is 2. The van der Waals surface area contributed by atoms with E-state index in [1.54, 1.807) is 0 Å². The second-order valence-corrected chi connectivity index (χ2v) is 10.4. The summed E-state index contributed by atoms with van der Waals surface area (Å²) in [6.45, 7) is -0.992. The van der Waals surface area contributed by atoms with Crippen LogP contribution in [0, 0.1) is 0 Å². The van der Waals surface area contributed by atoms with Gasteiger partial charge in [-0.1, -0.05) is 0 Å². The molecule has 36 heavy (non-hydrogen) atoms. The molecule has 2 aromatic rings. The Labute approximate surface area is 251 Å². The number of aliphatic hydroxyl groups excluding tert-OH is 1. The van der Waals surface area contributed by atoms with E-state index in [-0.39, 0.29) is 92.4 Å². The summed E-state index contributed by atoms with van der Waals surface area (Å²) in [5.74, 6) is 0.0653. The molecule has 0 saturated carbocycles. The molecule has 180 valence electrons. The van der Waals surface area contributed by atoms with Crippen molar-refractivity contribution in [1.29, 1.82) is 0 Å². The number of fused-ring (bicyclic) bond motifs is 1. The summed E-state index contributed by atoms with van der Waals surface area (Å²) in [6.07, 6.45) is -2.69. The Hall–Kier alpha value is 1.03. The molecular weight excluding hydrogens is 531 g/mol. The first kappa shape index (κ1) is 39.2. The first-order valence-corrected chi connectivity index (χ1v) is 12.6. The molecule has 6 atom stereocenters. The number of hydrogen-bond donors (Lipinski definition) is 2. The van der Waals surface area contributed by atoms with E-state index in [4.69, 9.17) is 15.2 Å². The minimum atomic E-state index is -6.12. The summed E-state index contributed by atoms with van der Waals surface area (Å²) in [5, 5.41) is 10.4. The first-order valence-electron chi connectivity index (χ1n) is 8.24. The van der Waals surface area contributed by atoms with Crippen molar-refractivity contribution in [3.05, 3.63) is 12.7 Å². The molecule has 18 nitrogen and oxygen atoms in total. The van der Waals surface area contributed by atoms with Crippen molar-refractivity contribution >= 4 is 40.4 Å². The third-order valence-electron chi connectivity index (χ3n) is 4.04. The third-order valence-corrected chi connectivity index (χ3v) is 7.71. The van der Waals surface area contributed by atoms with E-state index >= 15 is 0 Å². The fourth-order valence-electron chi connectivity index (χ4n) is 2.84. The normalized spacial score (nSPS) is 24.8. The van der Waals surface area contributed by atoms with Crippen molar-refractivity contribution < 1.29 is 136 Å². The summed E-state index contributed by atoms with van der Waals surface area (Å²) >= 11 is 0. The SMILES string of the molecule is COC1C(O)C(COP(=O)([O-])OP(=O)([O-])OP(=O)([O-])[O-])OC1n1cnc2c(N)ncnc21.[Li+].[Li+].[Li+].[Li+]. The molecule has 6 unspecified atom stereocenters. The van der Waals surface area contributed by atoms with E-state index in [1.165, 1.54) is 18.0 Å². The molecule has 3 heterocycles. The van der Waals surface area contributed by atoms with Crippen molar-refractivity contribution in [2.45, 2.75) is 24.5 Å². The topological polar surface area (TPSA) is 279 Å². The van der Waals surface area contributed by atoms with Crippen molar-refractivity contribution in [1.82, 2.24) is 19.5 Å². The van der Waals surface area contributed by atoms with Gasteiger partial charge in [-0.3, -0.25) is 18.0 Å². The Balaban J connectivity index is 0. The van der Waals surface area contributed by atoms with Crippen LogP contribution in [0.15, 0.2) is 12.7 Å². The van der Waals surface area contributed by atoms with Gasteiger partial charge in [0.25, 0.3) is 15.6 Å². The number of nitrogens with two attached hydrogens (primary N) is 1. The van der Waals surface area contributed by atoms with Gasteiger partial charge in [-0.2, -0.15) is 0 Å². The van der Waals surface area contributed by atoms with Gasteiger partial charge in [0.2, 0.25) is 0 Å². The van der Waals surface area contributed by atoms with Crippen LogP contribution in [-0.2, 0) is 36.3 Å². The summed E-state index contributed by atoms with van der Waals surface area (Å²) < 4.78 is 56.2. The van der Waals surface area contributed by atoms with Gasteiger partial charge in [-0.15, -0.1) is 0 Å². The molecule has 1 saturated heterocycles. The van der Waals surface area contributed by atoms with Crippen LogP contribution in [0.1, 0.15) is 6.23 Å². The number of rotatable bonds is 9. The molecule has 1 aliphatic rings. The molecule has 0 bridgehead atoms. The van der Waals surface area contributed by atoms with Crippen LogP contribution < -0.4 is 101 Å². The molecule has 25 heteroatoms. The standard InChI is InChI=1S/C11H18N5O13P3.4Li/c1-25-8-7(17)5(2-26-31(21,22)29-32(23,24)28-30(18,19)20)27-11(8)16-4-15-6-9(12)13-3-14-10(6)16;;;;/h3-5,7-8,11,17H,2H2,1H3,(H,21,22)(H,23,24)(H2,12,13,14)(H2,18,19,20);;;;/q;4*+1/p-4. The third kappa shape index (κ3) is 9.89. The summed E-state index contributed by atoms with van der Waals surface area (Å²) in [4.78, 5) is 55.4. The van der Waals surface area contributed by atoms with Crippen molar-refractivity contribution in [3.8, 4) is 0 Å². The van der Waals surface area contributed by atoms with Gasteiger partial charge in [0.05, 0.1) is 20.8 Å². The fraction of sp³-hybridized carbons (Fsp3) is 0.545. The number of hydrogen-bond acceptors (Lipinski definition) is 17. The molecule has 2 aromatic heterocycles. The Kier molecular flexibility index (Phi) is 16.5. The van der Waals surface area contributed by atoms with Crippen molar-refractivity contribution in [3.63, 3.8) is 0 Å². The summed E-state index contributed by atoms with van der Waals surface area (Å²) in [6, 6.07) is 0. The number of nitrogen functional groups attached to an aromatic ring is 1. The first-order chi connectivity index (χ1) is 14.7. The zero-order chi connectivity index (χ0) is 23.9. The largest absolute Gasteiger partial charge is 1.00 e. The molecule has 0 amide bonds. The van der Waals surface area contributed by atoms with Crippen LogP contribution in [-0.4, -0.2) is 56.7 Å². The maximum Gasteiger partial charge on any atom is 1.00 e. The minimum absolute atomic E-state index is 0. The van der Waals surface area contributed by atoms with Crippen LogP contribution in [0.3, 0.4) is 0 Å². The van der Waals surface area contributed by atoms with Crippen LogP contribution in [0.2, 0.25) is 0 Å². The van der Waals surface area contributed by atoms with E-state index in [1.807, 2.05) is 0 Å². The average Bonchev–Trinajstić information content (AvgIpc) is 3.18. The molecule has 0 spiro atoms. The fourth-order valence-corrected chi connectivity index (χ4v) is 5.70. The number of nitrogens with zero attached hydrogens (tertiary/aromatic N) is 4. The van der Waals surface area contributed by atoms with Gasteiger partial charge in [-0.05, 0) is 0 Å². The minimum Gasteiger partial charge on any atom is -0.790 e. The smallest absolute Gasteiger partial charge is 0.790 e. The zero-order valence-corrected chi connectivity index (χ0v) is 22.4. The Morgan fingerprint density at radius 1 is 1.06 bits per heavy atom. The van der Waals surface area contributed by atoms with E-state index in [2.05, 4.69) is 28.1 Å². The van der Waals surface area contributed by atoms with E-state index in [0.29, 0.717) is 0 Å². The number of aromatic nitrogens is 4. The van der Waals surface area contributed by atoms with Crippen LogP contribution in [0.4, 0.5) is 5.82 Å². The molecule has 3 N–H and O–H groups in total. The second kappa shape index (κ2) is 15.1. The molecule has 1 fully saturated rings. The predicted octanol–water partition coefficient (Wildman–Crippen LogP) is -15.5. The second-order valence-electron chi connectivity index (χ2n) is 6.14. The molecule has 0 aliphatic carbocycles. The molecule has 1 aliphatic heterocycles. The number of phosphoric ester groups is 1. The van der Waals surface area contributed by atoms with E-state index in [0.717, 1.165) is 6.33 Å². The maximum atomic E-state index is 11.7. The van der Waals surface area contributed by atoms with Gasteiger partial charge < -0.3 is 49.0 Å². The van der Waals surface area contributed by atoms with E-state index < -0.39 is 54.6 Å². The molecular formula is C11H14Li4N5O13P3. The molecule has 0 aromatic carbocycles. The van der Waals surface area contributed by atoms with Gasteiger partial charge >= 0.3 is 75.4 Å². The number of methoxy groups -OCH3 is 1. The van der Waals surface area contributed by atoms with Crippen LogP contribution in [0.25, 0.3) is 11.2 Å². The Morgan fingerprint density at radius 2 is 1.67 bits per heavy atom. The molecule has 0 radical (unpaired) electrons. The van der Waals surface area contributed by atoms with Gasteiger partial charge in [-0.25, -0.2) is 19.3 Å². The van der Waals surface area contributed by atoms with Gasteiger partial charge in [0.1, 0.15) is 30.2 Å². The van der Waals surface area contributed by atoms with Gasteiger partial charge in [0, 0.05) is 7.11 Å². The van der Waals surface area contributed by atoms with Crippen LogP contribution >= 0.6 is 23.5 Å². The summed E-state index contributed by atoms with van der Waals surface area (Å²) in [5.41, 5.74) is 6.14. The number of aliphatic hydroxyl groups is 1. The van der Waals surface area contributed by atoms with Crippen LogP contribution in [0.5, 0.6) is 0 Å². The number of anilines is 1. The number of imidazole rings is 1. The van der Waals surface area contributed by atoms with Gasteiger partial charge in [0.15, 0.2) is 17.7 Å². The molecule has 3 rings (SSSR count). The van der Waals surface area contributed by atoms with Crippen molar-refractivity contribution in [2.75, 3.05) is 19.5 Å². The van der Waals surface area contributed by atoms with Crippen molar-refractivity contribution in [2.24, 2.45) is 0 Å². The average molecular weight is 545 g/mol. The maximum absolute atomic E-state index is 11.7. The predicted molar refractivity (Wildman–Crippen MR) is 91.4 cm³/mol. The number of phosphoric acid groups is 3. The Bertz CT molecular complexity index is 1140. The zero-order valence-electron chi connectivity index (χ0n) is 19.7. The van der Waals surface area contributed by atoms with E-state index in [9.17, 15) is 38.4 Å². The quantitative estimate of drug-likeness (QED) is 0.218. The summed E-state index contributed by atoms with van der Waals surface area (Å²) in [7, 11) is -16.8. The Morgan fingerprint density at radius 3 is 2.22 bits per heavy atom. The monoisotopic (exact) mass is 545 g/mol.